The molecule has 108 valence electrons. The van der Waals surface area contributed by atoms with Crippen LogP contribution in [-0.2, 0) is 0 Å². The summed E-state index contributed by atoms with van der Waals surface area (Å²) < 4.78 is 0. The van der Waals surface area contributed by atoms with Gasteiger partial charge in [-0.1, -0.05) is 38.1 Å². The van der Waals surface area contributed by atoms with Crippen molar-refractivity contribution in [2.45, 2.75) is 19.8 Å². The van der Waals surface area contributed by atoms with Crippen LogP contribution in [0.15, 0.2) is 53.6 Å². The Bertz CT molecular complexity index is 629. The van der Waals surface area contributed by atoms with Crippen molar-refractivity contribution in [3.63, 3.8) is 0 Å². The Hall–Kier alpha value is -2.62. The monoisotopic (exact) mass is 282 g/mol. The predicted octanol–water partition coefficient (Wildman–Crippen LogP) is 3.28. The number of hydrogen-bond donors (Lipinski definition) is 2. The van der Waals surface area contributed by atoms with Crippen molar-refractivity contribution in [3.05, 3.63) is 65.2 Å². The molecule has 0 saturated heterocycles. The van der Waals surface area contributed by atoms with Crippen LogP contribution in [0.4, 0.5) is 0 Å². The summed E-state index contributed by atoms with van der Waals surface area (Å²) in [5, 5.41) is 13.1. The summed E-state index contributed by atoms with van der Waals surface area (Å²) in [5.74, 6) is 0.301. The summed E-state index contributed by atoms with van der Waals surface area (Å²) in [7, 11) is 0. The minimum absolute atomic E-state index is 0.125. The van der Waals surface area contributed by atoms with Gasteiger partial charge in [0.25, 0.3) is 5.91 Å². The molecule has 0 aliphatic heterocycles. The molecular weight excluding hydrogens is 264 g/mol. The molecule has 0 aromatic heterocycles. The quantitative estimate of drug-likeness (QED) is 0.667. The Morgan fingerprint density at radius 1 is 1.10 bits per heavy atom. The molecule has 0 aliphatic carbocycles. The van der Waals surface area contributed by atoms with E-state index < -0.39 is 0 Å². The second-order valence-electron chi connectivity index (χ2n) is 5.07. The lowest BCUT2D eigenvalue weighted by molar-refractivity contribution is 0.0955. The van der Waals surface area contributed by atoms with Crippen LogP contribution in [0, 0.1) is 0 Å². The fraction of sp³-hybridized carbons (Fsp3) is 0.176. The Morgan fingerprint density at radius 2 is 1.71 bits per heavy atom. The number of amides is 1. The van der Waals surface area contributed by atoms with Crippen molar-refractivity contribution in [1.82, 2.24) is 5.43 Å². The number of hydrogen-bond acceptors (Lipinski definition) is 3. The number of rotatable bonds is 4. The third-order valence-electron chi connectivity index (χ3n) is 3.11. The number of carbonyl (C=O) groups excluding carboxylic acids is 1. The second kappa shape index (κ2) is 6.70. The highest BCUT2D eigenvalue weighted by molar-refractivity contribution is 5.94. The molecule has 2 rings (SSSR count). The lowest BCUT2D eigenvalue weighted by Gasteiger charge is -2.04. The summed E-state index contributed by atoms with van der Waals surface area (Å²) in [6, 6.07) is 14.0. The summed E-state index contributed by atoms with van der Waals surface area (Å²) >= 11 is 0. The third-order valence-corrected chi connectivity index (χ3v) is 3.11. The molecule has 0 atom stereocenters. The number of carbonyl (C=O) groups is 1. The topological polar surface area (TPSA) is 61.7 Å². The maximum absolute atomic E-state index is 11.8. The van der Waals surface area contributed by atoms with Crippen LogP contribution in [0.3, 0.4) is 0 Å². The van der Waals surface area contributed by atoms with E-state index >= 15 is 0 Å². The molecule has 2 aromatic carbocycles. The lowest BCUT2D eigenvalue weighted by atomic mass is 10.0. The van der Waals surface area contributed by atoms with Crippen molar-refractivity contribution in [2.24, 2.45) is 5.10 Å². The van der Waals surface area contributed by atoms with Gasteiger partial charge in [0.05, 0.1) is 6.21 Å². The molecule has 0 unspecified atom stereocenters. The van der Waals surface area contributed by atoms with Crippen molar-refractivity contribution in [1.29, 1.82) is 0 Å². The van der Waals surface area contributed by atoms with E-state index in [9.17, 15) is 4.79 Å². The van der Waals surface area contributed by atoms with Crippen molar-refractivity contribution < 1.29 is 9.90 Å². The number of nitrogens with zero attached hydrogens (tertiary/aromatic N) is 1. The smallest absolute Gasteiger partial charge is 0.271 e. The standard InChI is InChI=1S/C17H18N2O2/c1-12(2)14-5-3-13(4-6-14)11-18-19-17(21)15-7-9-16(20)10-8-15/h3-12,20H,1-2H3,(H,19,21)/b18-11+. The number of phenolic OH excluding ortho intramolecular Hbond substituents is 1. The number of nitrogens with one attached hydrogen (secondary N) is 1. The van der Waals surface area contributed by atoms with Crippen LogP contribution in [0.25, 0.3) is 0 Å². The van der Waals surface area contributed by atoms with Gasteiger partial charge in [-0.25, -0.2) is 5.43 Å². The molecule has 0 aliphatic rings. The molecule has 0 spiro atoms. The fourth-order valence-corrected chi connectivity index (χ4v) is 1.81. The Balaban J connectivity index is 1.95. The molecular formula is C17H18N2O2. The minimum Gasteiger partial charge on any atom is -0.508 e. The van der Waals surface area contributed by atoms with Gasteiger partial charge in [-0.05, 0) is 41.3 Å². The van der Waals surface area contributed by atoms with Crippen LogP contribution < -0.4 is 5.43 Å². The van der Waals surface area contributed by atoms with Gasteiger partial charge in [-0.15, -0.1) is 0 Å². The van der Waals surface area contributed by atoms with Crippen molar-refractivity contribution in [3.8, 4) is 5.75 Å². The van der Waals surface area contributed by atoms with Crippen LogP contribution in [0.1, 0.15) is 41.3 Å². The molecule has 0 fully saturated rings. The summed E-state index contributed by atoms with van der Waals surface area (Å²) in [6.45, 7) is 4.28. The average Bonchev–Trinajstić information content (AvgIpc) is 2.48. The third kappa shape index (κ3) is 4.18. The van der Waals surface area contributed by atoms with E-state index in [2.05, 4.69) is 24.4 Å². The highest BCUT2D eigenvalue weighted by atomic mass is 16.3. The molecule has 4 heteroatoms. The SMILES string of the molecule is CC(C)c1ccc(/C=N/NC(=O)c2ccc(O)cc2)cc1. The largest absolute Gasteiger partial charge is 0.508 e. The van der Waals surface area contributed by atoms with E-state index in [-0.39, 0.29) is 11.7 Å². The second-order valence-corrected chi connectivity index (χ2v) is 5.07. The van der Waals surface area contributed by atoms with E-state index in [1.54, 1.807) is 6.21 Å². The predicted molar refractivity (Wildman–Crippen MR) is 83.7 cm³/mol. The molecule has 2 aromatic rings. The van der Waals surface area contributed by atoms with Gasteiger partial charge in [0.15, 0.2) is 0 Å². The molecule has 0 saturated carbocycles. The zero-order valence-corrected chi connectivity index (χ0v) is 12.1. The maximum atomic E-state index is 11.8. The maximum Gasteiger partial charge on any atom is 0.271 e. The summed E-state index contributed by atoms with van der Waals surface area (Å²) in [5.41, 5.74) is 5.08. The lowest BCUT2D eigenvalue weighted by Crippen LogP contribution is -2.17. The highest BCUT2D eigenvalue weighted by Gasteiger charge is 2.03. The summed E-state index contributed by atoms with van der Waals surface area (Å²) in [6.07, 6.45) is 1.60. The minimum atomic E-state index is -0.315. The van der Waals surface area contributed by atoms with Crippen LogP contribution in [-0.4, -0.2) is 17.2 Å². The van der Waals surface area contributed by atoms with Crippen molar-refractivity contribution >= 4 is 12.1 Å². The van der Waals surface area contributed by atoms with E-state index in [1.165, 1.54) is 29.8 Å². The van der Waals surface area contributed by atoms with E-state index in [4.69, 9.17) is 5.11 Å². The molecule has 4 nitrogen and oxygen atoms in total. The van der Waals surface area contributed by atoms with E-state index in [1.807, 2.05) is 24.3 Å². The van der Waals surface area contributed by atoms with Crippen LogP contribution in [0.2, 0.25) is 0 Å². The molecule has 0 heterocycles. The Labute approximate surface area is 124 Å². The summed E-state index contributed by atoms with van der Waals surface area (Å²) in [4.78, 5) is 11.8. The van der Waals surface area contributed by atoms with Gasteiger partial charge in [-0.2, -0.15) is 5.10 Å². The van der Waals surface area contributed by atoms with Crippen LogP contribution >= 0.6 is 0 Å². The van der Waals surface area contributed by atoms with E-state index in [0.29, 0.717) is 11.5 Å². The van der Waals surface area contributed by atoms with E-state index in [0.717, 1.165) is 5.56 Å². The van der Waals surface area contributed by atoms with Gasteiger partial charge in [0, 0.05) is 5.56 Å². The first-order valence-electron chi connectivity index (χ1n) is 6.78. The first-order valence-corrected chi connectivity index (χ1v) is 6.78. The average molecular weight is 282 g/mol. The molecule has 0 radical (unpaired) electrons. The zero-order valence-electron chi connectivity index (χ0n) is 12.1. The van der Waals surface area contributed by atoms with Gasteiger partial charge in [0.1, 0.15) is 5.75 Å². The number of benzene rings is 2. The fourth-order valence-electron chi connectivity index (χ4n) is 1.81. The first kappa shape index (κ1) is 14.8. The number of aromatic hydroxyl groups is 1. The zero-order chi connectivity index (χ0) is 15.2. The van der Waals surface area contributed by atoms with Gasteiger partial charge in [-0.3, -0.25) is 4.79 Å². The Kier molecular flexibility index (Phi) is 4.72. The molecule has 21 heavy (non-hydrogen) atoms. The number of hydrazone groups is 1. The molecule has 1 amide bonds. The molecule has 2 N–H and O–H groups in total. The first-order chi connectivity index (χ1) is 10.1. The van der Waals surface area contributed by atoms with Gasteiger partial charge < -0.3 is 5.11 Å². The van der Waals surface area contributed by atoms with Crippen LogP contribution in [0.5, 0.6) is 5.75 Å². The normalized spacial score (nSPS) is 11.0. The highest BCUT2D eigenvalue weighted by Crippen LogP contribution is 2.14. The number of phenols is 1. The van der Waals surface area contributed by atoms with Crippen molar-refractivity contribution in [2.75, 3.05) is 0 Å². The van der Waals surface area contributed by atoms with Gasteiger partial charge >= 0.3 is 0 Å². The van der Waals surface area contributed by atoms with Gasteiger partial charge in [0.2, 0.25) is 0 Å². The molecule has 0 bridgehead atoms. The Morgan fingerprint density at radius 3 is 2.29 bits per heavy atom.